The molecule has 2 aromatic carbocycles. The van der Waals surface area contributed by atoms with E-state index in [1.165, 1.54) is 37.1 Å². The molecule has 0 radical (unpaired) electrons. The third kappa shape index (κ3) is 4.09. The lowest BCUT2D eigenvalue weighted by atomic mass is 9.88. The van der Waals surface area contributed by atoms with Gasteiger partial charge in [0.2, 0.25) is 0 Å². The molecule has 24 heavy (non-hydrogen) atoms. The van der Waals surface area contributed by atoms with Gasteiger partial charge in [0, 0.05) is 6.54 Å². The van der Waals surface area contributed by atoms with Gasteiger partial charge >= 0.3 is 0 Å². The Hall–Kier alpha value is -2.00. The standard InChI is InChI=1S/C21H27NO2/c1-23-19-9-7-17(8-10-19)11-14-22-15-12-18(13-16-22)20-5-3-4-6-21(20)24-2/h3-10,18H,11-16H2,1-2H3. The van der Waals surface area contributed by atoms with E-state index >= 15 is 0 Å². The molecule has 0 N–H and O–H groups in total. The Morgan fingerprint density at radius 1 is 0.917 bits per heavy atom. The van der Waals surface area contributed by atoms with Crippen LogP contribution in [-0.4, -0.2) is 38.8 Å². The molecule has 0 aromatic heterocycles. The van der Waals surface area contributed by atoms with Crippen molar-refractivity contribution in [1.29, 1.82) is 0 Å². The summed E-state index contributed by atoms with van der Waals surface area (Å²) in [5.74, 6) is 2.59. The second kappa shape index (κ2) is 8.20. The number of hydrogen-bond acceptors (Lipinski definition) is 3. The molecule has 0 unspecified atom stereocenters. The zero-order chi connectivity index (χ0) is 16.8. The highest BCUT2D eigenvalue weighted by atomic mass is 16.5. The van der Waals surface area contributed by atoms with Gasteiger partial charge in [0.1, 0.15) is 11.5 Å². The van der Waals surface area contributed by atoms with Crippen LogP contribution >= 0.6 is 0 Å². The highest BCUT2D eigenvalue weighted by Crippen LogP contribution is 2.33. The number of rotatable bonds is 6. The average molecular weight is 325 g/mol. The highest BCUT2D eigenvalue weighted by Gasteiger charge is 2.22. The quantitative estimate of drug-likeness (QED) is 0.797. The Morgan fingerprint density at radius 2 is 1.62 bits per heavy atom. The summed E-state index contributed by atoms with van der Waals surface area (Å²) < 4.78 is 10.7. The summed E-state index contributed by atoms with van der Waals surface area (Å²) in [7, 11) is 3.48. The van der Waals surface area contributed by atoms with Crippen LogP contribution in [0.25, 0.3) is 0 Å². The molecule has 1 aliphatic rings. The van der Waals surface area contributed by atoms with Crippen molar-refractivity contribution in [3.8, 4) is 11.5 Å². The van der Waals surface area contributed by atoms with Crippen LogP contribution in [0.4, 0.5) is 0 Å². The summed E-state index contributed by atoms with van der Waals surface area (Å²) in [5, 5.41) is 0. The summed E-state index contributed by atoms with van der Waals surface area (Å²) >= 11 is 0. The van der Waals surface area contributed by atoms with Gasteiger partial charge in [-0.1, -0.05) is 30.3 Å². The smallest absolute Gasteiger partial charge is 0.122 e. The minimum Gasteiger partial charge on any atom is -0.497 e. The number of likely N-dealkylation sites (tertiary alicyclic amines) is 1. The molecule has 0 bridgehead atoms. The SMILES string of the molecule is COc1ccc(CCN2CCC(c3ccccc3OC)CC2)cc1. The van der Waals surface area contributed by atoms with E-state index in [2.05, 4.69) is 35.2 Å². The van der Waals surface area contributed by atoms with Gasteiger partial charge in [-0.3, -0.25) is 0 Å². The van der Waals surface area contributed by atoms with Crippen LogP contribution in [-0.2, 0) is 6.42 Å². The fraction of sp³-hybridized carbons (Fsp3) is 0.429. The molecule has 3 rings (SSSR count). The zero-order valence-corrected chi connectivity index (χ0v) is 14.7. The van der Waals surface area contributed by atoms with Gasteiger partial charge in [-0.2, -0.15) is 0 Å². The monoisotopic (exact) mass is 325 g/mol. The van der Waals surface area contributed by atoms with Crippen LogP contribution in [0.15, 0.2) is 48.5 Å². The summed E-state index contributed by atoms with van der Waals surface area (Å²) in [5.41, 5.74) is 2.75. The van der Waals surface area contributed by atoms with E-state index in [1.807, 2.05) is 18.2 Å². The number of para-hydroxylation sites is 1. The molecule has 1 heterocycles. The van der Waals surface area contributed by atoms with E-state index in [-0.39, 0.29) is 0 Å². The first kappa shape index (κ1) is 16.8. The minimum absolute atomic E-state index is 0.624. The predicted molar refractivity (Wildman–Crippen MR) is 98.1 cm³/mol. The van der Waals surface area contributed by atoms with Crippen molar-refractivity contribution in [2.45, 2.75) is 25.2 Å². The Balaban J connectivity index is 1.49. The molecule has 0 atom stereocenters. The summed E-state index contributed by atoms with van der Waals surface area (Å²) in [6.45, 7) is 3.46. The first-order valence-electron chi connectivity index (χ1n) is 8.78. The summed E-state index contributed by atoms with van der Waals surface area (Å²) in [6, 6.07) is 16.9. The van der Waals surface area contributed by atoms with Crippen molar-refractivity contribution in [2.75, 3.05) is 33.9 Å². The molecule has 2 aromatic rings. The maximum atomic E-state index is 5.53. The van der Waals surface area contributed by atoms with Crippen molar-refractivity contribution in [2.24, 2.45) is 0 Å². The predicted octanol–water partition coefficient (Wildman–Crippen LogP) is 4.13. The molecule has 3 nitrogen and oxygen atoms in total. The van der Waals surface area contributed by atoms with Crippen LogP contribution in [0.2, 0.25) is 0 Å². The Bertz CT molecular complexity index is 631. The zero-order valence-electron chi connectivity index (χ0n) is 14.7. The molecule has 0 saturated carbocycles. The second-order valence-corrected chi connectivity index (χ2v) is 6.46. The van der Waals surface area contributed by atoms with Crippen LogP contribution < -0.4 is 9.47 Å². The molecule has 1 fully saturated rings. The number of methoxy groups -OCH3 is 2. The fourth-order valence-corrected chi connectivity index (χ4v) is 3.55. The van der Waals surface area contributed by atoms with E-state index in [9.17, 15) is 0 Å². The van der Waals surface area contributed by atoms with Crippen molar-refractivity contribution in [1.82, 2.24) is 4.90 Å². The normalized spacial score (nSPS) is 16.1. The molecule has 128 valence electrons. The lowest BCUT2D eigenvalue weighted by molar-refractivity contribution is 0.213. The lowest BCUT2D eigenvalue weighted by Crippen LogP contribution is -2.34. The molecule has 1 saturated heterocycles. The lowest BCUT2D eigenvalue weighted by Gasteiger charge is -2.32. The van der Waals surface area contributed by atoms with E-state index in [0.29, 0.717) is 5.92 Å². The van der Waals surface area contributed by atoms with Crippen molar-refractivity contribution >= 4 is 0 Å². The number of piperidine rings is 1. The molecule has 0 aliphatic carbocycles. The third-order valence-corrected chi connectivity index (χ3v) is 5.04. The van der Waals surface area contributed by atoms with Gasteiger partial charge in [0.05, 0.1) is 14.2 Å². The van der Waals surface area contributed by atoms with E-state index in [1.54, 1.807) is 14.2 Å². The topological polar surface area (TPSA) is 21.7 Å². The maximum Gasteiger partial charge on any atom is 0.122 e. The van der Waals surface area contributed by atoms with Crippen molar-refractivity contribution in [3.63, 3.8) is 0 Å². The van der Waals surface area contributed by atoms with E-state index in [0.717, 1.165) is 24.5 Å². The number of ether oxygens (including phenoxy) is 2. The largest absolute Gasteiger partial charge is 0.497 e. The van der Waals surface area contributed by atoms with E-state index in [4.69, 9.17) is 9.47 Å². The Labute approximate surface area is 145 Å². The van der Waals surface area contributed by atoms with Gasteiger partial charge in [-0.25, -0.2) is 0 Å². The van der Waals surface area contributed by atoms with Gasteiger partial charge in [0.25, 0.3) is 0 Å². The number of hydrogen-bond donors (Lipinski definition) is 0. The molecule has 3 heteroatoms. The highest BCUT2D eigenvalue weighted by molar-refractivity contribution is 5.36. The summed E-state index contributed by atoms with van der Waals surface area (Å²) in [4.78, 5) is 2.58. The summed E-state index contributed by atoms with van der Waals surface area (Å²) in [6.07, 6.45) is 3.52. The first-order valence-corrected chi connectivity index (χ1v) is 8.78. The van der Waals surface area contributed by atoms with Crippen LogP contribution in [0, 0.1) is 0 Å². The molecule has 0 amide bonds. The Morgan fingerprint density at radius 3 is 2.29 bits per heavy atom. The average Bonchev–Trinajstić information content (AvgIpc) is 2.67. The molecular weight excluding hydrogens is 298 g/mol. The minimum atomic E-state index is 0.624. The van der Waals surface area contributed by atoms with Gasteiger partial charge in [-0.15, -0.1) is 0 Å². The molecular formula is C21H27NO2. The van der Waals surface area contributed by atoms with Crippen LogP contribution in [0.1, 0.15) is 29.9 Å². The maximum absolute atomic E-state index is 5.53. The first-order chi connectivity index (χ1) is 11.8. The Kier molecular flexibility index (Phi) is 5.76. The fourth-order valence-electron chi connectivity index (χ4n) is 3.55. The van der Waals surface area contributed by atoms with Gasteiger partial charge in [-0.05, 0) is 67.6 Å². The van der Waals surface area contributed by atoms with Gasteiger partial charge < -0.3 is 14.4 Å². The number of benzene rings is 2. The van der Waals surface area contributed by atoms with Gasteiger partial charge in [0.15, 0.2) is 0 Å². The van der Waals surface area contributed by atoms with Crippen molar-refractivity contribution < 1.29 is 9.47 Å². The molecule has 1 aliphatic heterocycles. The van der Waals surface area contributed by atoms with Crippen LogP contribution in [0.3, 0.4) is 0 Å². The van der Waals surface area contributed by atoms with Crippen molar-refractivity contribution in [3.05, 3.63) is 59.7 Å². The molecule has 0 spiro atoms. The van der Waals surface area contributed by atoms with Crippen LogP contribution in [0.5, 0.6) is 11.5 Å². The second-order valence-electron chi connectivity index (χ2n) is 6.46. The van der Waals surface area contributed by atoms with E-state index < -0.39 is 0 Å². The third-order valence-electron chi connectivity index (χ3n) is 5.04. The number of nitrogens with zero attached hydrogens (tertiary/aromatic N) is 1.